The normalized spacial score (nSPS) is 14.1. The van der Waals surface area contributed by atoms with Crippen molar-refractivity contribution in [2.45, 2.75) is 19.3 Å². The van der Waals surface area contributed by atoms with Crippen LogP contribution in [0.2, 0.25) is 0 Å². The molecule has 9 aromatic rings. The van der Waals surface area contributed by atoms with Gasteiger partial charge in [0, 0.05) is 0 Å². The number of aromatic nitrogens is 3. The third-order valence-electron chi connectivity index (χ3n) is 11.2. The maximum atomic E-state index is 5.26. The van der Waals surface area contributed by atoms with Gasteiger partial charge in [0.2, 0.25) is 0 Å². The van der Waals surface area contributed by atoms with Crippen LogP contribution in [-0.2, 0) is 5.41 Å². The van der Waals surface area contributed by atoms with Gasteiger partial charge in [0.15, 0.2) is 0 Å². The fourth-order valence-electron chi connectivity index (χ4n) is 8.60. The third kappa shape index (κ3) is 4.76. The summed E-state index contributed by atoms with van der Waals surface area (Å²) in [7, 11) is 0. The molecule has 0 saturated heterocycles. The molecular weight excluding hydrogens is 769 g/mol. The number of hydrogen-bond acceptors (Lipinski definition) is 3. The van der Waals surface area contributed by atoms with Crippen molar-refractivity contribution in [2.75, 3.05) is 0 Å². The standard InChI is InChI=1S/C50H34IN3/c1-50(2)41-22-11-10-21-39(41)40-26-23-35(30-42(40)50)49-53-47(33-15-4-3-5-16-33)52-48(54-49)34-17-12-18-36(29-34)51-43-27-24-31-13-6-8-19-37(31)45(43)46-38-20-9-7-14-32(38)25-28-44(46)51/h3-30H,1-2H3. The molecule has 11 rings (SSSR count). The Morgan fingerprint density at radius 2 is 0.944 bits per heavy atom. The second-order valence-corrected chi connectivity index (χ2v) is 19.9. The Morgan fingerprint density at radius 3 is 1.63 bits per heavy atom. The second kappa shape index (κ2) is 12.0. The molecule has 1 aliphatic carbocycles. The zero-order valence-corrected chi connectivity index (χ0v) is 32.0. The fourth-order valence-corrected chi connectivity index (χ4v) is 15.1. The molecule has 2 heterocycles. The molecule has 0 radical (unpaired) electrons. The quantitative estimate of drug-likeness (QED) is 0.166. The average Bonchev–Trinajstić information content (AvgIpc) is 3.70. The molecule has 0 fully saturated rings. The molecule has 0 spiro atoms. The van der Waals surface area contributed by atoms with Gasteiger partial charge < -0.3 is 0 Å². The second-order valence-electron chi connectivity index (χ2n) is 14.7. The minimum atomic E-state index is -2.12. The van der Waals surface area contributed by atoms with E-state index in [0.29, 0.717) is 17.5 Å². The van der Waals surface area contributed by atoms with Crippen molar-refractivity contribution in [3.05, 3.63) is 192 Å². The molecule has 1 aromatic heterocycles. The molecular formula is C50H34IN3. The van der Waals surface area contributed by atoms with Crippen LogP contribution in [0, 0.1) is 10.7 Å². The molecule has 1 aliphatic heterocycles. The Balaban J connectivity index is 1.09. The molecule has 0 amide bonds. The zero-order valence-electron chi connectivity index (χ0n) is 29.9. The monoisotopic (exact) mass is 803 g/mol. The van der Waals surface area contributed by atoms with Gasteiger partial charge in [-0.3, -0.25) is 0 Å². The summed E-state index contributed by atoms with van der Waals surface area (Å²) in [6.07, 6.45) is 0. The van der Waals surface area contributed by atoms with Gasteiger partial charge in [0.25, 0.3) is 0 Å². The number of nitrogens with zero attached hydrogens (tertiary/aromatic N) is 3. The predicted octanol–water partition coefficient (Wildman–Crippen LogP) is 12.9. The van der Waals surface area contributed by atoms with Crippen LogP contribution in [0.1, 0.15) is 25.0 Å². The van der Waals surface area contributed by atoms with E-state index < -0.39 is 19.8 Å². The molecule has 0 unspecified atom stereocenters. The van der Waals surface area contributed by atoms with Gasteiger partial charge in [-0.1, -0.05) is 12.1 Å². The Labute approximate surface area is 321 Å². The van der Waals surface area contributed by atoms with Crippen molar-refractivity contribution in [3.63, 3.8) is 0 Å². The van der Waals surface area contributed by atoms with Gasteiger partial charge in [-0.25, -0.2) is 0 Å². The molecule has 54 heavy (non-hydrogen) atoms. The third-order valence-corrected chi connectivity index (χ3v) is 17.3. The molecule has 3 nitrogen and oxygen atoms in total. The predicted molar refractivity (Wildman–Crippen MR) is 231 cm³/mol. The summed E-state index contributed by atoms with van der Waals surface area (Å²) in [6.45, 7) is 4.63. The summed E-state index contributed by atoms with van der Waals surface area (Å²) in [5.74, 6) is 2.06. The van der Waals surface area contributed by atoms with Crippen molar-refractivity contribution in [2.24, 2.45) is 0 Å². The number of rotatable bonds is 4. The first-order valence-corrected chi connectivity index (χ1v) is 21.7. The van der Waals surface area contributed by atoms with Gasteiger partial charge in [-0.05, 0) is 0 Å². The molecule has 0 bridgehead atoms. The van der Waals surface area contributed by atoms with E-state index in [0.717, 1.165) is 16.7 Å². The number of hydrogen-bond donors (Lipinski definition) is 0. The van der Waals surface area contributed by atoms with E-state index in [1.165, 1.54) is 65.6 Å². The van der Waals surface area contributed by atoms with Gasteiger partial charge in [-0.2, -0.15) is 0 Å². The summed E-state index contributed by atoms with van der Waals surface area (Å²) >= 11 is -2.12. The first-order chi connectivity index (χ1) is 26.5. The van der Waals surface area contributed by atoms with Crippen LogP contribution in [0.4, 0.5) is 0 Å². The van der Waals surface area contributed by atoms with Crippen LogP contribution in [0.3, 0.4) is 0 Å². The Morgan fingerprint density at radius 1 is 0.407 bits per heavy atom. The molecule has 0 N–H and O–H groups in total. The molecule has 0 saturated carbocycles. The molecule has 4 heteroatoms. The van der Waals surface area contributed by atoms with Crippen LogP contribution in [0.5, 0.6) is 0 Å². The average molecular weight is 804 g/mol. The van der Waals surface area contributed by atoms with E-state index in [9.17, 15) is 0 Å². The molecule has 2 aliphatic rings. The van der Waals surface area contributed by atoms with E-state index in [2.05, 4.69) is 166 Å². The number of fused-ring (bicyclic) bond motifs is 10. The summed E-state index contributed by atoms with van der Waals surface area (Å²) < 4.78 is 4.36. The Kier molecular flexibility index (Phi) is 7.02. The van der Waals surface area contributed by atoms with E-state index in [-0.39, 0.29) is 5.41 Å². The summed E-state index contributed by atoms with van der Waals surface area (Å²) in [5, 5.41) is 5.23. The summed E-state index contributed by atoms with van der Waals surface area (Å²) in [4.78, 5) is 15.5. The van der Waals surface area contributed by atoms with Crippen molar-refractivity contribution < 1.29 is 0 Å². The van der Waals surface area contributed by atoms with Crippen molar-refractivity contribution in [3.8, 4) is 56.4 Å². The van der Waals surface area contributed by atoms with Crippen molar-refractivity contribution >= 4 is 41.4 Å². The van der Waals surface area contributed by atoms with E-state index in [1.54, 1.807) is 0 Å². The van der Waals surface area contributed by atoms with E-state index in [1.807, 2.05) is 18.2 Å². The van der Waals surface area contributed by atoms with E-state index in [4.69, 9.17) is 15.0 Å². The number of benzene rings is 8. The first kappa shape index (κ1) is 31.5. The van der Waals surface area contributed by atoms with Crippen LogP contribution >= 0.6 is 19.8 Å². The Hall–Kier alpha value is -5.98. The van der Waals surface area contributed by atoms with Crippen molar-refractivity contribution in [1.29, 1.82) is 0 Å². The molecule has 8 aromatic carbocycles. The van der Waals surface area contributed by atoms with Crippen molar-refractivity contribution in [1.82, 2.24) is 15.0 Å². The summed E-state index contributed by atoms with van der Waals surface area (Å²) in [5.41, 5.74) is 10.9. The van der Waals surface area contributed by atoms with Gasteiger partial charge in [-0.15, -0.1) is 0 Å². The van der Waals surface area contributed by atoms with Gasteiger partial charge >= 0.3 is 312 Å². The maximum absolute atomic E-state index is 5.26. The topological polar surface area (TPSA) is 38.7 Å². The number of halogens is 1. The van der Waals surface area contributed by atoms with Crippen LogP contribution in [0.15, 0.2) is 170 Å². The fraction of sp³-hybridized carbons (Fsp3) is 0.0600. The van der Waals surface area contributed by atoms with Gasteiger partial charge in [0.1, 0.15) is 0 Å². The van der Waals surface area contributed by atoms with Crippen LogP contribution < -0.4 is 0 Å². The van der Waals surface area contributed by atoms with Crippen LogP contribution in [0.25, 0.3) is 78.0 Å². The zero-order chi connectivity index (χ0) is 36.0. The summed E-state index contributed by atoms with van der Waals surface area (Å²) in [6, 6.07) is 62.0. The van der Waals surface area contributed by atoms with E-state index >= 15 is 0 Å². The minimum absolute atomic E-state index is 0.121. The first-order valence-electron chi connectivity index (χ1n) is 18.4. The molecule has 256 valence electrons. The molecule has 0 atom stereocenters. The van der Waals surface area contributed by atoms with Crippen LogP contribution in [-0.4, -0.2) is 15.0 Å². The SMILES string of the molecule is CC1(C)c2ccccc2-c2ccc(-c3nc(-c4ccccc4)nc(-c4cccc(I5c6ccc7ccccc7c6-c6c5ccc5ccccc65)c4)n3)cc21. The van der Waals surface area contributed by atoms with Gasteiger partial charge in [0.05, 0.1) is 0 Å². The Bertz CT molecular complexity index is 2900.